The molecule has 3 rings (SSSR count). The Bertz CT molecular complexity index is 641. The first kappa shape index (κ1) is 12.6. The molecule has 102 valence electrons. The van der Waals surface area contributed by atoms with E-state index in [-0.39, 0.29) is 5.91 Å². The van der Waals surface area contributed by atoms with Gasteiger partial charge in [-0.2, -0.15) is 0 Å². The number of hydrogen-bond donors (Lipinski definition) is 2. The minimum absolute atomic E-state index is 0.0187. The normalized spacial score (nSPS) is 13.8. The van der Waals surface area contributed by atoms with Crippen LogP contribution in [0.15, 0.2) is 42.7 Å². The van der Waals surface area contributed by atoms with E-state index in [2.05, 4.69) is 22.5 Å². The fraction of sp³-hybridized carbons (Fsp3) is 0.200. The molecule has 2 aromatic rings. The minimum atomic E-state index is -0.0187. The van der Waals surface area contributed by atoms with Crippen LogP contribution in [0.2, 0.25) is 0 Å². The van der Waals surface area contributed by atoms with Crippen LogP contribution in [0.4, 0.5) is 5.69 Å². The fourth-order valence-electron chi connectivity index (χ4n) is 2.54. The monoisotopic (exact) mass is 268 g/mol. The van der Waals surface area contributed by atoms with Gasteiger partial charge in [0.15, 0.2) is 0 Å². The van der Waals surface area contributed by atoms with Gasteiger partial charge in [0.05, 0.1) is 17.4 Å². The van der Waals surface area contributed by atoms with Crippen LogP contribution in [0, 0.1) is 0 Å². The first-order valence-corrected chi connectivity index (χ1v) is 6.56. The van der Waals surface area contributed by atoms with Crippen LogP contribution in [0.1, 0.15) is 21.5 Å². The Balaban J connectivity index is 1.86. The molecule has 0 spiro atoms. The lowest BCUT2D eigenvalue weighted by Crippen LogP contribution is -2.36. The molecular weight excluding hydrogens is 252 g/mol. The number of nitrogens with two attached hydrogens (primary N) is 1. The van der Waals surface area contributed by atoms with E-state index in [1.54, 1.807) is 18.5 Å². The lowest BCUT2D eigenvalue weighted by atomic mass is 9.99. The van der Waals surface area contributed by atoms with Crippen molar-refractivity contribution in [2.45, 2.75) is 13.0 Å². The number of carbonyl (C=O) groups is 1. The van der Waals surface area contributed by atoms with Gasteiger partial charge in [-0.1, -0.05) is 24.3 Å². The highest BCUT2D eigenvalue weighted by Gasteiger charge is 2.23. The summed E-state index contributed by atoms with van der Waals surface area (Å²) in [5.74, 6) is 5.42. The predicted molar refractivity (Wildman–Crippen MR) is 76.9 cm³/mol. The summed E-state index contributed by atoms with van der Waals surface area (Å²) in [6.45, 7) is 1.36. The Labute approximate surface area is 117 Å². The van der Waals surface area contributed by atoms with E-state index in [0.29, 0.717) is 17.8 Å². The number of pyridine rings is 1. The van der Waals surface area contributed by atoms with Crippen molar-refractivity contribution in [3.63, 3.8) is 0 Å². The zero-order valence-electron chi connectivity index (χ0n) is 11.0. The number of carbonyl (C=O) groups excluding carboxylic acids is 1. The summed E-state index contributed by atoms with van der Waals surface area (Å²) in [5.41, 5.74) is 6.17. The molecular formula is C15H16N4O. The Morgan fingerprint density at radius 2 is 2.05 bits per heavy atom. The maximum absolute atomic E-state index is 12.6. The third kappa shape index (κ3) is 2.23. The molecule has 0 unspecified atom stereocenters. The van der Waals surface area contributed by atoms with Gasteiger partial charge in [-0.15, -0.1) is 0 Å². The largest absolute Gasteiger partial charge is 0.334 e. The fourth-order valence-corrected chi connectivity index (χ4v) is 2.54. The standard InChI is InChI=1S/C15H16N4O/c16-18-14-9-17-7-5-13(14)15(20)19-8-6-11-3-1-2-4-12(11)10-19/h1-5,7,9,18H,6,8,10,16H2. The van der Waals surface area contributed by atoms with Crippen molar-refractivity contribution in [3.8, 4) is 0 Å². The highest BCUT2D eigenvalue weighted by Crippen LogP contribution is 2.22. The molecule has 0 saturated heterocycles. The second kappa shape index (κ2) is 5.30. The molecule has 1 aromatic heterocycles. The quantitative estimate of drug-likeness (QED) is 0.640. The van der Waals surface area contributed by atoms with Gasteiger partial charge in [0.2, 0.25) is 0 Å². The molecule has 0 aliphatic carbocycles. The van der Waals surface area contributed by atoms with Crippen LogP contribution < -0.4 is 11.3 Å². The zero-order valence-corrected chi connectivity index (χ0v) is 11.0. The number of rotatable bonds is 2. The zero-order chi connectivity index (χ0) is 13.9. The van der Waals surface area contributed by atoms with Crippen LogP contribution in [0.25, 0.3) is 0 Å². The van der Waals surface area contributed by atoms with Gasteiger partial charge >= 0.3 is 0 Å². The molecule has 1 aromatic carbocycles. The average Bonchev–Trinajstić information content (AvgIpc) is 2.53. The highest BCUT2D eigenvalue weighted by atomic mass is 16.2. The van der Waals surface area contributed by atoms with Crippen molar-refractivity contribution >= 4 is 11.6 Å². The summed E-state index contributed by atoms with van der Waals surface area (Å²) in [5, 5.41) is 0. The number of hydrazine groups is 1. The average molecular weight is 268 g/mol. The minimum Gasteiger partial charge on any atom is -0.334 e. The topological polar surface area (TPSA) is 71.2 Å². The van der Waals surface area contributed by atoms with Gasteiger partial charge < -0.3 is 10.3 Å². The van der Waals surface area contributed by atoms with Crippen LogP contribution in [-0.4, -0.2) is 22.3 Å². The Hall–Kier alpha value is -2.40. The molecule has 5 heteroatoms. The van der Waals surface area contributed by atoms with Gasteiger partial charge in [-0.25, -0.2) is 0 Å². The first-order valence-electron chi connectivity index (χ1n) is 6.56. The SMILES string of the molecule is NNc1cnccc1C(=O)N1CCc2ccccc2C1. The van der Waals surface area contributed by atoms with Gasteiger partial charge in [0.25, 0.3) is 5.91 Å². The summed E-state index contributed by atoms with van der Waals surface area (Å²) in [6, 6.07) is 9.93. The summed E-state index contributed by atoms with van der Waals surface area (Å²) in [7, 11) is 0. The van der Waals surface area contributed by atoms with Crippen LogP contribution in [0.5, 0.6) is 0 Å². The van der Waals surface area contributed by atoms with Crippen LogP contribution in [-0.2, 0) is 13.0 Å². The third-order valence-electron chi connectivity index (χ3n) is 3.62. The molecule has 1 aliphatic heterocycles. The molecule has 0 radical (unpaired) electrons. The van der Waals surface area contributed by atoms with Crippen molar-refractivity contribution in [2.24, 2.45) is 5.84 Å². The lowest BCUT2D eigenvalue weighted by Gasteiger charge is -2.29. The summed E-state index contributed by atoms with van der Waals surface area (Å²) in [6.07, 6.45) is 4.05. The van der Waals surface area contributed by atoms with E-state index < -0.39 is 0 Å². The molecule has 1 aliphatic rings. The molecule has 2 heterocycles. The third-order valence-corrected chi connectivity index (χ3v) is 3.62. The summed E-state index contributed by atoms with van der Waals surface area (Å²) >= 11 is 0. The molecule has 20 heavy (non-hydrogen) atoms. The number of nitrogen functional groups attached to an aromatic ring is 1. The Kier molecular flexibility index (Phi) is 3.35. The number of fused-ring (bicyclic) bond motifs is 1. The summed E-state index contributed by atoms with van der Waals surface area (Å²) < 4.78 is 0. The molecule has 5 nitrogen and oxygen atoms in total. The van der Waals surface area contributed by atoms with Gasteiger partial charge in [-0.3, -0.25) is 15.6 Å². The number of benzene rings is 1. The van der Waals surface area contributed by atoms with E-state index in [4.69, 9.17) is 5.84 Å². The van der Waals surface area contributed by atoms with Gasteiger partial charge in [-0.05, 0) is 23.6 Å². The highest BCUT2D eigenvalue weighted by molar-refractivity contribution is 5.99. The van der Waals surface area contributed by atoms with E-state index >= 15 is 0 Å². The molecule has 0 saturated carbocycles. The van der Waals surface area contributed by atoms with E-state index in [1.807, 2.05) is 17.0 Å². The number of hydrogen-bond acceptors (Lipinski definition) is 4. The van der Waals surface area contributed by atoms with Gasteiger partial charge in [0.1, 0.15) is 0 Å². The van der Waals surface area contributed by atoms with Crippen molar-refractivity contribution < 1.29 is 4.79 Å². The second-order valence-electron chi connectivity index (χ2n) is 4.81. The molecule has 0 atom stereocenters. The maximum Gasteiger partial charge on any atom is 0.256 e. The maximum atomic E-state index is 12.6. The summed E-state index contributed by atoms with van der Waals surface area (Å²) in [4.78, 5) is 18.4. The van der Waals surface area contributed by atoms with Crippen LogP contribution in [0.3, 0.4) is 0 Å². The number of amides is 1. The first-order chi connectivity index (χ1) is 9.79. The number of aromatic nitrogens is 1. The lowest BCUT2D eigenvalue weighted by molar-refractivity contribution is 0.0735. The van der Waals surface area contributed by atoms with Gasteiger partial charge in [0, 0.05) is 19.3 Å². The number of nitrogens with zero attached hydrogens (tertiary/aromatic N) is 2. The molecule has 3 N–H and O–H groups in total. The second-order valence-corrected chi connectivity index (χ2v) is 4.81. The predicted octanol–water partition coefficient (Wildman–Crippen LogP) is 1.57. The van der Waals surface area contributed by atoms with E-state index in [9.17, 15) is 4.79 Å². The smallest absolute Gasteiger partial charge is 0.256 e. The van der Waals surface area contributed by atoms with E-state index in [0.717, 1.165) is 13.0 Å². The van der Waals surface area contributed by atoms with E-state index in [1.165, 1.54) is 11.1 Å². The van der Waals surface area contributed by atoms with Crippen LogP contribution >= 0.6 is 0 Å². The molecule has 1 amide bonds. The Morgan fingerprint density at radius 1 is 1.25 bits per heavy atom. The molecule has 0 fully saturated rings. The van der Waals surface area contributed by atoms with Crippen molar-refractivity contribution in [1.82, 2.24) is 9.88 Å². The molecule has 0 bridgehead atoms. The van der Waals surface area contributed by atoms with Crippen molar-refractivity contribution in [3.05, 3.63) is 59.4 Å². The number of nitrogens with one attached hydrogen (secondary N) is 1. The van der Waals surface area contributed by atoms with Crippen molar-refractivity contribution in [1.29, 1.82) is 0 Å². The Morgan fingerprint density at radius 3 is 2.85 bits per heavy atom. The van der Waals surface area contributed by atoms with Crippen molar-refractivity contribution in [2.75, 3.05) is 12.0 Å². The number of anilines is 1.